The SMILES string of the molecule is Cc1cccc(CNC(=O)C2CN(S(C)(=O)=O)c3cc(C)ccc3O2)c1. The Bertz CT molecular complexity index is 940. The van der Waals surface area contributed by atoms with Gasteiger partial charge in [0.05, 0.1) is 18.5 Å². The summed E-state index contributed by atoms with van der Waals surface area (Å²) >= 11 is 0. The molecule has 0 aliphatic carbocycles. The van der Waals surface area contributed by atoms with E-state index in [-0.39, 0.29) is 12.5 Å². The molecule has 0 saturated carbocycles. The zero-order valence-electron chi connectivity index (χ0n) is 15.0. The first-order valence-electron chi connectivity index (χ1n) is 8.32. The minimum atomic E-state index is -3.52. The van der Waals surface area contributed by atoms with E-state index in [1.54, 1.807) is 12.1 Å². The van der Waals surface area contributed by atoms with Gasteiger partial charge in [-0.25, -0.2) is 8.42 Å². The second kappa shape index (κ2) is 6.99. The topological polar surface area (TPSA) is 75.7 Å². The lowest BCUT2D eigenvalue weighted by atomic mass is 10.1. The van der Waals surface area contributed by atoms with Crippen molar-refractivity contribution in [3.05, 3.63) is 59.2 Å². The molecule has 1 aliphatic heterocycles. The number of sulfonamides is 1. The van der Waals surface area contributed by atoms with Crippen LogP contribution in [0.2, 0.25) is 0 Å². The number of hydrogen-bond acceptors (Lipinski definition) is 4. The van der Waals surface area contributed by atoms with Crippen molar-refractivity contribution in [2.45, 2.75) is 26.5 Å². The third-order valence-corrected chi connectivity index (χ3v) is 5.37. The zero-order valence-corrected chi connectivity index (χ0v) is 15.8. The first kappa shape index (κ1) is 18.3. The number of ether oxygens (including phenoxy) is 1. The van der Waals surface area contributed by atoms with Gasteiger partial charge in [0, 0.05) is 6.54 Å². The number of aryl methyl sites for hydroxylation is 2. The van der Waals surface area contributed by atoms with Gasteiger partial charge in [-0.2, -0.15) is 0 Å². The van der Waals surface area contributed by atoms with Gasteiger partial charge in [0.2, 0.25) is 10.0 Å². The minimum Gasteiger partial charge on any atom is -0.476 e. The van der Waals surface area contributed by atoms with Crippen LogP contribution < -0.4 is 14.4 Å². The summed E-state index contributed by atoms with van der Waals surface area (Å²) < 4.78 is 31.4. The molecule has 1 heterocycles. The molecule has 6 nitrogen and oxygen atoms in total. The van der Waals surface area contributed by atoms with Crippen LogP contribution in [0.4, 0.5) is 5.69 Å². The first-order valence-corrected chi connectivity index (χ1v) is 10.2. The molecule has 7 heteroatoms. The molecule has 1 atom stereocenters. The Morgan fingerprint density at radius 2 is 1.92 bits per heavy atom. The Hall–Kier alpha value is -2.54. The van der Waals surface area contributed by atoms with E-state index in [0.717, 1.165) is 22.9 Å². The van der Waals surface area contributed by atoms with Gasteiger partial charge in [-0.1, -0.05) is 35.9 Å². The van der Waals surface area contributed by atoms with E-state index in [1.807, 2.05) is 44.2 Å². The molecule has 0 bridgehead atoms. The monoisotopic (exact) mass is 374 g/mol. The second-order valence-electron chi connectivity index (χ2n) is 6.58. The van der Waals surface area contributed by atoms with E-state index in [0.29, 0.717) is 18.0 Å². The van der Waals surface area contributed by atoms with Crippen LogP contribution in [-0.4, -0.2) is 33.2 Å². The molecule has 0 radical (unpaired) electrons. The smallest absolute Gasteiger partial charge is 0.263 e. The molecule has 138 valence electrons. The van der Waals surface area contributed by atoms with E-state index in [9.17, 15) is 13.2 Å². The molecular weight excluding hydrogens is 352 g/mol. The number of carbonyl (C=O) groups excluding carboxylic acids is 1. The molecule has 1 unspecified atom stereocenters. The van der Waals surface area contributed by atoms with Gasteiger partial charge in [-0.15, -0.1) is 0 Å². The summed E-state index contributed by atoms with van der Waals surface area (Å²) in [5.74, 6) is 0.0503. The van der Waals surface area contributed by atoms with Crippen molar-refractivity contribution in [2.75, 3.05) is 17.1 Å². The van der Waals surface area contributed by atoms with Gasteiger partial charge in [0.1, 0.15) is 5.75 Å². The lowest BCUT2D eigenvalue weighted by Crippen LogP contribution is -2.50. The van der Waals surface area contributed by atoms with Crippen LogP contribution in [0, 0.1) is 13.8 Å². The number of hydrogen-bond donors (Lipinski definition) is 1. The number of nitrogens with one attached hydrogen (secondary N) is 1. The van der Waals surface area contributed by atoms with E-state index in [4.69, 9.17) is 4.74 Å². The number of nitrogens with zero attached hydrogens (tertiary/aromatic N) is 1. The van der Waals surface area contributed by atoms with Gasteiger partial charge in [0.25, 0.3) is 5.91 Å². The molecule has 3 rings (SSSR count). The largest absolute Gasteiger partial charge is 0.476 e. The normalized spacial score (nSPS) is 16.6. The molecule has 1 aliphatic rings. The summed E-state index contributed by atoms with van der Waals surface area (Å²) in [7, 11) is -3.52. The highest BCUT2D eigenvalue weighted by molar-refractivity contribution is 7.92. The van der Waals surface area contributed by atoms with Crippen molar-refractivity contribution in [1.29, 1.82) is 0 Å². The highest BCUT2D eigenvalue weighted by Crippen LogP contribution is 2.35. The summed E-state index contributed by atoms with van der Waals surface area (Å²) in [5.41, 5.74) is 3.47. The van der Waals surface area contributed by atoms with Crippen LogP contribution in [0.25, 0.3) is 0 Å². The maximum atomic E-state index is 12.5. The maximum absolute atomic E-state index is 12.5. The first-order chi connectivity index (χ1) is 12.2. The molecule has 0 saturated heterocycles. The maximum Gasteiger partial charge on any atom is 0.263 e. The van der Waals surface area contributed by atoms with E-state index in [2.05, 4.69) is 5.32 Å². The van der Waals surface area contributed by atoms with E-state index < -0.39 is 16.1 Å². The van der Waals surface area contributed by atoms with Crippen LogP contribution in [0.15, 0.2) is 42.5 Å². The van der Waals surface area contributed by atoms with Crippen LogP contribution in [-0.2, 0) is 21.4 Å². The molecular formula is C19H22N2O4S. The molecule has 2 aromatic carbocycles. The van der Waals surface area contributed by atoms with Crippen LogP contribution in [0.1, 0.15) is 16.7 Å². The minimum absolute atomic E-state index is 0.0467. The number of amides is 1. The number of benzene rings is 2. The summed E-state index contributed by atoms with van der Waals surface area (Å²) in [4.78, 5) is 12.5. The third kappa shape index (κ3) is 3.99. The number of anilines is 1. The summed E-state index contributed by atoms with van der Waals surface area (Å²) in [6.45, 7) is 4.18. The number of rotatable bonds is 4. The molecule has 26 heavy (non-hydrogen) atoms. The fraction of sp³-hybridized carbons (Fsp3) is 0.316. The van der Waals surface area contributed by atoms with Gasteiger partial charge in [0.15, 0.2) is 6.10 Å². The zero-order chi connectivity index (χ0) is 18.9. The van der Waals surface area contributed by atoms with Gasteiger partial charge >= 0.3 is 0 Å². The van der Waals surface area contributed by atoms with Crippen molar-refractivity contribution in [1.82, 2.24) is 5.32 Å². The van der Waals surface area contributed by atoms with Crippen molar-refractivity contribution in [3.63, 3.8) is 0 Å². The van der Waals surface area contributed by atoms with Crippen molar-refractivity contribution < 1.29 is 17.9 Å². The Labute approximate surface area is 153 Å². The summed E-state index contributed by atoms with van der Waals surface area (Å²) in [6.07, 6.45) is 0.233. The lowest BCUT2D eigenvalue weighted by Gasteiger charge is -2.34. The van der Waals surface area contributed by atoms with E-state index >= 15 is 0 Å². The Morgan fingerprint density at radius 1 is 1.19 bits per heavy atom. The Morgan fingerprint density at radius 3 is 2.62 bits per heavy atom. The molecule has 0 aromatic heterocycles. The second-order valence-corrected chi connectivity index (χ2v) is 8.49. The third-order valence-electron chi connectivity index (χ3n) is 4.23. The number of fused-ring (bicyclic) bond motifs is 1. The van der Waals surface area contributed by atoms with Crippen molar-refractivity contribution in [2.24, 2.45) is 0 Å². The average Bonchev–Trinajstić information content (AvgIpc) is 2.58. The lowest BCUT2D eigenvalue weighted by molar-refractivity contribution is -0.127. The molecule has 1 amide bonds. The standard InChI is InChI=1S/C19H22N2O4S/c1-13-5-4-6-15(9-13)11-20-19(22)18-12-21(26(3,23)24)16-10-14(2)7-8-17(16)25-18/h4-10,18H,11-12H2,1-3H3,(H,20,22). The van der Waals surface area contributed by atoms with Crippen molar-refractivity contribution >= 4 is 21.6 Å². The Balaban J connectivity index is 1.78. The fourth-order valence-corrected chi connectivity index (χ4v) is 3.84. The summed E-state index contributed by atoms with van der Waals surface area (Å²) in [5, 5.41) is 2.82. The predicted molar refractivity (Wildman–Crippen MR) is 101 cm³/mol. The van der Waals surface area contributed by atoms with Crippen molar-refractivity contribution in [3.8, 4) is 5.75 Å². The van der Waals surface area contributed by atoms with Gasteiger partial charge < -0.3 is 10.1 Å². The fourth-order valence-electron chi connectivity index (χ4n) is 2.94. The van der Waals surface area contributed by atoms with Crippen LogP contribution in [0.5, 0.6) is 5.75 Å². The molecule has 0 spiro atoms. The average molecular weight is 374 g/mol. The molecule has 1 N–H and O–H groups in total. The number of carbonyl (C=O) groups is 1. The Kier molecular flexibility index (Phi) is 4.91. The quantitative estimate of drug-likeness (QED) is 0.890. The highest BCUT2D eigenvalue weighted by atomic mass is 32.2. The van der Waals surface area contributed by atoms with Crippen LogP contribution in [0.3, 0.4) is 0 Å². The predicted octanol–water partition coefficient (Wildman–Crippen LogP) is 2.15. The van der Waals surface area contributed by atoms with Gasteiger partial charge in [-0.05, 0) is 37.1 Å². The molecule has 2 aromatic rings. The molecule has 0 fully saturated rings. The van der Waals surface area contributed by atoms with Gasteiger partial charge in [-0.3, -0.25) is 9.10 Å². The summed E-state index contributed by atoms with van der Waals surface area (Å²) in [6, 6.07) is 13.1. The van der Waals surface area contributed by atoms with Crippen LogP contribution >= 0.6 is 0 Å². The highest BCUT2D eigenvalue weighted by Gasteiger charge is 2.34. The van der Waals surface area contributed by atoms with E-state index in [1.165, 1.54) is 4.31 Å².